The summed E-state index contributed by atoms with van der Waals surface area (Å²) >= 11 is 11.8. The van der Waals surface area contributed by atoms with Crippen LogP contribution < -0.4 is 5.32 Å². The number of hydrogen-bond donors (Lipinski definition) is 2. The molecule has 2 aromatic carbocycles. The van der Waals surface area contributed by atoms with E-state index in [1.165, 1.54) is 24.3 Å². The Morgan fingerprint density at radius 1 is 1.17 bits per heavy atom. The summed E-state index contributed by atoms with van der Waals surface area (Å²) in [4.78, 5) is 19.2. The van der Waals surface area contributed by atoms with E-state index in [1.54, 1.807) is 25.3 Å². The minimum absolute atomic E-state index is 0.293. The van der Waals surface area contributed by atoms with Crippen molar-refractivity contribution in [2.24, 2.45) is 0 Å². The van der Waals surface area contributed by atoms with E-state index in [0.29, 0.717) is 38.4 Å². The first-order valence-corrected chi connectivity index (χ1v) is 7.77. The average molecular weight is 364 g/mol. The van der Waals surface area contributed by atoms with E-state index >= 15 is 0 Å². The Hall–Kier alpha value is -2.37. The largest absolute Gasteiger partial charge is 0.342 e. The van der Waals surface area contributed by atoms with Crippen LogP contribution in [0.4, 0.5) is 10.1 Å². The number of amides is 1. The molecular formula is C17H12Cl2FN3O. The van der Waals surface area contributed by atoms with Gasteiger partial charge in [-0.15, -0.1) is 0 Å². The molecule has 3 aromatic rings. The van der Waals surface area contributed by atoms with Crippen LogP contribution in [0.25, 0.3) is 11.3 Å². The van der Waals surface area contributed by atoms with Gasteiger partial charge in [0.1, 0.15) is 11.6 Å². The van der Waals surface area contributed by atoms with E-state index in [0.717, 1.165) is 0 Å². The van der Waals surface area contributed by atoms with Crippen LogP contribution >= 0.6 is 23.2 Å². The van der Waals surface area contributed by atoms with Crippen LogP contribution in [-0.4, -0.2) is 15.9 Å². The standard InChI is InChI=1S/C17H12Cl2FN3O/c1-9-21-8-16(22-9)14-3-2-13(7-15(14)20)23-17(24)10-4-11(18)6-12(19)5-10/h2-8H,1H3,(H,21,22)(H,23,24). The Bertz CT molecular complexity index is 904. The van der Waals surface area contributed by atoms with Crippen LogP contribution in [0.15, 0.2) is 42.6 Å². The maximum absolute atomic E-state index is 14.3. The summed E-state index contributed by atoms with van der Waals surface area (Å²) < 4.78 is 14.3. The molecule has 1 aromatic heterocycles. The second-order valence-corrected chi connectivity index (χ2v) is 6.06. The number of hydrogen-bond acceptors (Lipinski definition) is 2. The number of rotatable bonds is 3. The molecule has 3 rings (SSSR count). The van der Waals surface area contributed by atoms with Gasteiger partial charge < -0.3 is 10.3 Å². The van der Waals surface area contributed by atoms with E-state index < -0.39 is 11.7 Å². The number of anilines is 1. The number of aromatic nitrogens is 2. The number of imidazole rings is 1. The van der Waals surface area contributed by atoms with Gasteiger partial charge in [-0.3, -0.25) is 4.79 Å². The smallest absolute Gasteiger partial charge is 0.255 e. The van der Waals surface area contributed by atoms with Crippen molar-refractivity contribution in [3.8, 4) is 11.3 Å². The molecule has 0 radical (unpaired) electrons. The fourth-order valence-electron chi connectivity index (χ4n) is 2.26. The van der Waals surface area contributed by atoms with Gasteiger partial charge in [0.25, 0.3) is 5.91 Å². The zero-order valence-corrected chi connectivity index (χ0v) is 14.0. The zero-order valence-electron chi connectivity index (χ0n) is 12.5. The predicted molar refractivity (Wildman–Crippen MR) is 93.1 cm³/mol. The molecule has 0 saturated carbocycles. The first-order chi connectivity index (χ1) is 11.4. The number of benzene rings is 2. The Kier molecular flexibility index (Phi) is 4.55. The molecule has 2 N–H and O–H groups in total. The predicted octanol–water partition coefficient (Wildman–Crippen LogP) is 5.08. The third-order valence-corrected chi connectivity index (χ3v) is 3.78. The number of aryl methyl sites for hydroxylation is 1. The lowest BCUT2D eigenvalue weighted by Crippen LogP contribution is -2.12. The van der Waals surface area contributed by atoms with E-state index in [4.69, 9.17) is 23.2 Å². The molecule has 0 aliphatic rings. The molecule has 1 heterocycles. The highest BCUT2D eigenvalue weighted by molar-refractivity contribution is 6.35. The lowest BCUT2D eigenvalue weighted by Gasteiger charge is -2.08. The van der Waals surface area contributed by atoms with Gasteiger partial charge in [0, 0.05) is 26.9 Å². The lowest BCUT2D eigenvalue weighted by molar-refractivity contribution is 0.102. The van der Waals surface area contributed by atoms with Gasteiger partial charge in [-0.05, 0) is 43.3 Å². The molecule has 24 heavy (non-hydrogen) atoms. The first kappa shape index (κ1) is 16.5. The molecule has 0 bridgehead atoms. The Morgan fingerprint density at radius 2 is 1.88 bits per heavy atom. The Morgan fingerprint density at radius 3 is 2.46 bits per heavy atom. The maximum atomic E-state index is 14.3. The third-order valence-electron chi connectivity index (χ3n) is 3.34. The van der Waals surface area contributed by atoms with E-state index in [-0.39, 0.29) is 0 Å². The summed E-state index contributed by atoms with van der Waals surface area (Å²) in [5, 5.41) is 3.32. The van der Waals surface area contributed by atoms with Crippen molar-refractivity contribution in [3.63, 3.8) is 0 Å². The molecule has 7 heteroatoms. The quantitative estimate of drug-likeness (QED) is 0.681. The van der Waals surface area contributed by atoms with Crippen molar-refractivity contribution in [1.82, 2.24) is 9.97 Å². The SMILES string of the molecule is Cc1ncc(-c2ccc(NC(=O)c3cc(Cl)cc(Cl)c3)cc2F)[nH]1. The van der Waals surface area contributed by atoms with Gasteiger partial charge in [0.05, 0.1) is 11.9 Å². The van der Waals surface area contributed by atoms with Gasteiger partial charge in [-0.25, -0.2) is 9.37 Å². The van der Waals surface area contributed by atoms with Crippen LogP contribution in [-0.2, 0) is 0 Å². The number of nitrogens with one attached hydrogen (secondary N) is 2. The number of halogens is 3. The summed E-state index contributed by atoms with van der Waals surface area (Å²) in [5.41, 5.74) is 1.57. The molecule has 0 unspecified atom stereocenters. The molecular weight excluding hydrogens is 352 g/mol. The molecule has 122 valence electrons. The van der Waals surface area contributed by atoms with Crippen LogP contribution in [0.5, 0.6) is 0 Å². The second-order valence-electron chi connectivity index (χ2n) is 5.19. The van der Waals surface area contributed by atoms with E-state index in [9.17, 15) is 9.18 Å². The van der Waals surface area contributed by atoms with Gasteiger partial charge >= 0.3 is 0 Å². The normalized spacial score (nSPS) is 10.7. The van der Waals surface area contributed by atoms with Crippen molar-refractivity contribution in [2.75, 3.05) is 5.32 Å². The molecule has 4 nitrogen and oxygen atoms in total. The highest BCUT2D eigenvalue weighted by Crippen LogP contribution is 2.25. The van der Waals surface area contributed by atoms with Crippen molar-refractivity contribution < 1.29 is 9.18 Å². The van der Waals surface area contributed by atoms with Crippen LogP contribution in [0.2, 0.25) is 10.0 Å². The summed E-state index contributed by atoms with van der Waals surface area (Å²) in [7, 11) is 0. The second kappa shape index (κ2) is 6.63. The highest BCUT2D eigenvalue weighted by Gasteiger charge is 2.12. The maximum Gasteiger partial charge on any atom is 0.255 e. The number of carbonyl (C=O) groups excluding carboxylic acids is 1. The zero-order chi connectivity index (χ0) is 17.3. The molecule has 0 aliphatic carbocycles. The summed E-state index contributed by atoms with van der Waals surface area (Å²) in [6, 6.07) is 8.93. The molecule has 0 atom stereocenters. The molecule has 0 saturated heterocycles. The Balaban J connectivity index is 1.83. The van der Waals surface area contributed by atoms with Crippen molar-refractivity contribution in [2.45, 2.75) is 6.92 Å². The number of nitrogens with zero attached hydrogens (tertiary/aromatic N) is 1. The van der Waals surface area contributed by atoms with Gasteiger partial charge in [-0.2, -0.15) is 0 Å². The van der Waals surface area contributed by atoms with Crippen molar-refractivity contribution in [3.05, 3.63) is 69.8 Å². The van der Waals surface area contributed by atoms with Crippen LogP contribution in [0, 0.1) is 12.7 Å². The van der Waals surface area contributed by atoms with E-state index in [2.05, 4.69) is 15.3 Å². The van der Waals surface area contributed by atoms with Gasteiger partial charge in [-0.1, -0.05) is 23.2 Å². The third kappa shape index (κ3) is 3.58. The molecule has 0 aliphatic heterocycles. The summed E-state index contributed by atoms with van der Waals surface area (Å²) in [6.07, 6.45) is 1.56. The number of H-pyrrole nitrogens is 1. The molecule has 0 fully saturated rings. The molecule has 1 amide bonds. The fourth-order valence-corrected chi connectivity index (χ4v) is 2.78. The van der Waals surface area contributed by atoms with Crippen LogP contribution in [0.1, 0.15) is 16.2 Å². The van der Waals surface area contributed by atoms with Crippen LogP contribution in [0.3, 0.4) is 0 Å². The summed E-state index contributed by atoms with van der Waals surface area (Å²) in [6.45, 7) is 1.78. The molecule has 0 spiro atoms. The minimum atomic E-state index is -0.472. The highest BCUT2D eigenvalue weighted by atomic mass is 35.5. The fraction of sp³-hybridized carbons (Fsp3) is 0.0588. The monoisotopic (exact) mass is 363 g/mol. The van der Waals surface area contributed by atoms with Crippen molar-refractivity contribution in [1.29, 1.82) is 0 Å². The number of carbonyl (C=O) groups is 1. The van der Waals surface area contributed by atoms with E-state index in [1.807, 2.05) is 0 Å². The Labute approximate surface area is 147 Å². The van der Waals surface area contributed by atoms with Gasteiger partial charge in [0.15, 0.2) is 0 Å². The minimum Gasteiger partial charge on any atom is -0.342 e. The summed E-state index contributed by atoms with van der Waals surface area (Å²) in [5.74, 6) is -0.205. The van der Waals surface area contributed by atoms with Gasteiger partial charge in [0.2, 0.25) is 0 Å². The number of aromatic amines is 1. The average Bonchev–Trinajstić information content (AvgIpc) is 2.92. The lowest BCUT2D eigenvalue weighted by atomic mass is 10.1. The topological polar surface area (TPSA) is 57.8 Å². The van der Waals surface area contributed by atoms with Crippen molar-refractivity contribution >= 4 is 34.8 Å². The first-order valence-electron chi connectivity index (χ1n) is 7.01.